The highest BCUT2D eigenvalue weighted by Crippen LogP contribution is 2.34. The van der Waals surface area contributed by atoms with Gasteiger partial charge in [0.25, 0.3) is 0 Å². The van der Waals surface area contributed by atoms with Crippen molar-refractivity contribution in [2.45, 2.75) is 17.7 Å². The van der Waals surface area contributed by atoms with Crippen molar-refractivity contribution < 1.29 is 17.9 Å². The summed E-state index contributed by atoms with van der Waals surface area (Å²) in [5, 5.41) is 6.79. The second kappa shape index (κ2) is 7.76. The summed E-state index contributed by atoms with van der Waals surface area (Å²) in [7, 11) is -1.33. The van der Waals surface area contributed by atoms with Crippen LogP contribution in [0.1, 0.15) is 5.56 Å². The molecule has 2 heterocycles. The van der Waals surface area contributed by atoms with Crippen molar-refractivity contribution >= 4 is 38.4 Å². The Morgan fingerprint density at radius 2 is 2.08 bits per heavy atom. The lowest BCUT2D eigenvalue weighted by Gasteiger charge is -2.08. The minimum atomic E-state index is -2.93. The predicted molar refractivity (Wildman–Crippen MR) is 99.9 cm³/mol. The van der Waals surface area contributed by atoms with Gasteiger partial charge in [0, 0.05) is 24.6 Å². The maximum absolute atomic E-state index is 11.8. The van der Waals surface area contributed by atoms with Crippen LogP contribution in [-0.2, 0) is 25.8 Å². The number of sulfone groups is 1. The molecule has 0 saturated carbocycles. The first-order valence-corrected chi connectivity index (χ1v) is 10.7. The van der Waals surface area contributed by atoms with Crippen molar-refractivity contribution in [3.63, 3.8) is 0 Å². The zero-order chi connectivity index (χ0) is 17.9. The standard InChI is InChI=1S/C16H21N3O4S2/c1-23-7-6-17-15(20)8-11-2-4-12(5-3-11)18-16-19-13-9-25(21,22)10-14(13)24-16/h2-5,13-14H,6-10H2,1H3,(H,17,20)(H,18,19)/t13-,14-/m1/s1. The first-order chi connectivity index (χ1) is 11.9. The Labute approximate surface area is 151 Å². The highest BCUT2D eigenvalue weighted by atomic mass is 32.2. The molecule has 1 amide bonds. The van der Waals surface area contributed by atoms with Crippen LogP contribution in [0.3, 0.4) is 0 Å². The van der Waals surface area contributed by atoms with Crippen molar-refractivity contribution in [3.8, 4) is 0 Å². The van der Waals surface area contributed by atoms with Gasteiger partial charge in [0.05, 0.1) is 30.6 Å². The first kappa shape index (κ1) is 18.2. The number of fused-ring (bicyclic) bond motifs is 1. The van der Waals surface area contributed by atoms with Crippen molar-refractivity contribution in [2.24, 2.45) is 4.99 Å². The molecule has 1 aromatic rings. The number of benzene rings is 1. The molecule has 0 bridgehead atoms. The Kier molecular flexibility index (Phi) is 5.65. The lowest BCUT2D eigenvalue weighted by atomic mass is 10.1. The minimum Gasteiger partial charge on any atom is -0.383 e. The lowest BCUT2D eigenvalue weighted by Crippen LogP contribution is -2.28. The quantitative estimate of drug-likeness (QED) is 0.701. The molecular weight excluding hydrogens is 362 g/mol. The highest BCUT2D eigenvalue weighted by molar-refractivity contribution is 8.15. The number of ether oxygens (including phenoxy) is 1. The topological polar surface area (TPSA) is 96.9 Å². The number of hydrogen-bond acceptors (Lipinski definition) is 7. The Morgan fingerprint density at radius 1 is 1.32 bits per heavy atom. The normalized spacial score (nSPS) is 23.8. The third kappa shape index (κ3) is 4.96. The summed E-state index contributed by atoms with van der Waals surface area (Å²) >= 11 is 1.49. The maximum Gasteiger partial charge on any atom is 0.224 e. The fourth-order valence-corrected chi connectivity index (χ4v) is 6.46. The summed E-state index contributed by atoms with van der Waals surface area (Å²) in [6, 6.07) is 7.44. The third-order valence-electron chi connectivity index (χ3n) is 4.02. The number of amides is 1. The van der Waals surface area contributed by atoms with Gasteiger partial charge in [-0.2, -0.15) is 0 Å². The minimum absolute atomic E-state index is 0.0302. The van der Waals surface area contributed by atoms with Crippen molar-refractivity contribution in [1.82, 2.24) is 5.32 Å². The van der Waals surface area contributed by atoms with Gasteiger partial charge < -0.3 is 15.4 Å². The molecule has 9 heteroatoms. The average Bonchev–Trinajstić information content (AvgIpc) is 3.02. The van der Waals surface area contributed by atoms with Gasteiger partial charge in [-0.25, -0.2) is 8.42 Å². The van der Waals surface area contributed by atoms with Gasteiger partial charge in [0.2, 0.25) is 5.91 Å². The molecular formula is C16H21N3O4S2. The second-order valence-corrected chi connectivity index (χ2v) is 9.46. The molecule has 0 unspecified atom stereocenters. The zero-order valence-electron chi connectivity index (χ0n) is 13.9. The molecule has 1 aromatic carbocycles. The molecule has 1 saturated heterocycles. The van der Waals surface area contributed by atoms with Crippen LogP contribution in [-0.4, -0.2) is 62.6 Å². The Bertz CT molecular complexity index is 762. The number of methoxy groups -OCH3 is 1. The van der Waals surface area contributed by atoms with E-state index in [-0.39, 0.29) is 28.7 Å². The molecule has 2 N–H and O–H groups in total. The van der Waals surface area contributed by atoms with Gasteiger partial charge in [-0.15, -0.1) is 0 Å². The smallest absolute Gasteiger partial charge is 0.224 e. The zero-order valence-corrected chi connectivity index (χ0v) is 15.5. The van der Waals surface area contributed by atoms with Crippen molar-refractivity contribution in [2.75, 3.05) is 37.1 Å². The molecule has 0 aromatic heterocycles. The molecule has 1 fully saturated rings. The van der Waals surface area contributed by atoms with Gasteiger partial charge in [-0.1, -0.05) is 23.9 Å². The van der Waals surface area contributed by atoms with Crippen molar-refractivity contribution in [1.29, 1.82) is 0 Å². The number of nitrogens with zero attached hydrogens (tertiary/aromatic N) is 1. The van der Waals surface area contributed by atoms with Crippen LogP contribution in [0.5, 0.6) is 0 Å². The average molecular weight is 383 g/mol. The number of carbonyl (C=O) groups is 1. The number of aliphatic imine (C=N–C) groups is 1. The highest BCUT2D eigenvalue weighted by Gasteiger charge is 2.42. The van der Waals surface area contributed by atoms with E-state index in [0.717, 1.165) is 16.4 Å². The summed E-state index contributed by atoms with van der Waals surface area (Å²) < 4.78 is 28.0. The molecule has 2 aliphatic heterocycles. The largest absolute Gasteiger partial charge is 0.383 e. The summed E-state index contributed by atoms with van der Waals surface area (Å²) in [6.45, 7) is 1.00. The Hall–Kier alpha value is -1.58. The molecule has 136 valence electrons. The molecule has 25 heavy (non-hydrogen) atoms. The molecule has 0 aliphatic carbocycles. The number of thioether (sulfide) groups is 1. The van der Waals surface area contributed by atoms with Gasteiger partial charge in [-0.05, 0) is 17.7 Å². The maximum atomic E-state index is 11.8. The van der Waals surface area contributed by atoms with Crippen LogP contribution < -0.4 is 10.6 Å². The second-order valence-electron chi connectivity index (χ2n) is 6.08. The number of carbonyl (C=O) groups excluding carboxylic acids is 1. The SMILES string of the molecule is COCCNC(=O)Cc1ccc(NC2=N[C@@H]3CS(=O)(=O)C[C@H]3S2)cc1. The Morgan fingerprint density at radius 3 is 2.76 bits per heavy atom. The number of hydrogen-bond donors (Lipinski definition) is 2. The van der Waals surface area contributed by atoms with Gasteiger partial charge >= 0.3 is 0 Å². The molecule has 0 spiro atoms. The predicted octanol–water partition coefficient (Wildman–Crippen LogP) is 0.672. The monoisotopic (exact) mass is 383 g/mol. The number of anilines is 1. The summed E-state index contributed by atoms with van der Waals surface area (Å²) in [4.78, 5) is 16.2. The van der Waals surface area contributed by atoms with Crippen LogP contribution in [0.4, 0.5) is 5.69 Å². The van der Waals surface area contributed by atoms with E-state index in [1.165, 1.54) is 11.8 Å². The summed E-state index contributed by atoms with van der Waals surface area (Å²) in [6.07, 6.45) is 0.321. The lowest BCUT2D eigenvalue weighted by molar-refractivity contribution is -0.120. The summed E-state index contributed by atoms with van der Waals surface area (Å²) in [5.74, 6) is 0.309. The fourth-order valence-electron chi connectivity index (χ4n) is 2.79. The first-order valence-electron chi connectivity index (χ1n) is 8.02. The van der Waals surface area contributed by atoms with Crippen molar-refractivity contribution in [3.05, 3.63) is 29.8 Å². The van der Waals surface area contributed by atoms with Gasteiger partial charge in [0.1, 0.15) is 0 Å². The van der Waals surface area contributed by atoms with Gasteiger partial charge in [-0.3, -0.25) is 9.79 Å². The van der Waals surface area contributed by atoms with Crippen LogP contribution in [0.15, 0.2) is 29.3 Å². The van der Waals surface area contributed by atoms with E-state index in [9.17, 15) is 13.2 Å². The number of rotatable bonds is 6. The van der Waals surface area contributed by atoms with Crippen LogP contribution in [0.25, 0.3) is 0 Å². The van der Waals surface area contributed by atoms with E-state index in [1.54, 1.807) is 7.11 Å². The van der Waals surface area contributed by atoms with Crippen LogP contribution in [0.2, 0.25) is 0 Å². The molecule has 0 radical (unpaired) electrons. The fraction of sp³-hybridized carbons (Fsp3) is 0.500. The van der Waals surface area contributed by atoms with E-state index in [1.807, 2.05) is 24.3 Å². The van der Waals surface area contributed by atoms with E-state index < -0.39 is 9.84 Å². The molecule has 7 nitrogen and oxygen atoms in total. The van der Waals surface area contributed by atoms with E-state index >= 15 is 0 Å². The third-order valence-corrected chi connectivity index (χ3v) is 7.16. The van der Waals surface area contributed by atoms with Crippen LogP contribution >= 0.6 is 11.8 Å². The summed E-state index contributed by atoms with van der Waals surface area (Å²) in [5.41, 5.74) is 1.79. The number of amidine groups is 1. The van der Waals surface area contributed by atoms with E-state index in [4.69, 9.17) is 4.74 Å². The Balaban J connectivity index is 1.51. The molecule has 2 atom stereocenters. The van der Waals surface area contributed by atoms with E-state index in [0.29, 0.717) is 19.6 Å². The van der Waals surface area contributed by atoms with E-state index in [2.05, 4.69) is 15.6 Å². The van der Waals surface area contributed by atoms with Gasteiger partial charge in [0.15, 0.2) is 15.0 Å². The van der Waals surface area contributed by atoms with Crippen LogP contribution in [0, 0.1) is 0 Å². The number of nitrogens with one attached hydrogen (secondary N) is 2. The molecule has 2 aliphatic rings. The molecule has 3 rings (SSSR count).